The highest BCUT2D eigenvalue weighted by atomic mass is 15.1. The molecule has 0 N–H and O–H groups in total. The van der Waals surface area contributed by atoms with E-state index < -0.39 is 0 Å². The van der Waals surface area contributed by atoms with Gasteiger partial charge in [0.05, 0.1) is 0 Å². The zero-order valence-electron chi connectivity index (χ0n) is 9.34. The highest BCUT2D eigenvalue weighted by Gasteiger charge is 1.95. The van der Waals surface area contributed by atoms with Gasteiger partial charge in [-0.1, -0.05) is 19.1 Å². The smallest absolute Gasteiger partial charge is 0.0168 e. The Balaban J connectivity index is 3.66. The van der Waals surface area contributed by atoms with E-state index in [0.717, 1.165) is 13.0 Å². The largest absolute Gasteiger partial charge is 0.378 e. The average molecular weight is 181 g/mol. The lowest BCUT2D eigenvalue weighted by molar-refractivity contribution is 0.415. The second-order valence-corrected chi connectivity index (χ2v) is 3.49. The number of hydrogen-bond acceptors (Lipinski definition) is 1. The number of unbranched alkanes of at least 4 members (excludes halogenated alkanes) is 2. The van der Waals surface area contributed by atoms with Crippen molar-refractivity contribution in [3.8, 4) is 0 Å². The molecule has 0 unspecified atom stereocenters. The monoisotopic (exact) mass is 181 g/mol. The summed E-state index contributed by atoms with van der Waals surface area (Å²) in [5, 5.41) is 0. The van der Waals surface area contributed by atoms with Gasteiger partial charge >= 0.3 is 0 Å². The van der Waals surface area contributed by atoms with Gasteiger partial charge in [0.2, 0.25) is 0 Å². The fourth-order valence-electron chi connectivity index (χ4n) is 1.24. The molecule has 0 rings (SSSR count). The van der Waals surface area contributed by atoms with E-state index in [4.69, 9.17) is 0 Å². The number of hydrogen-bond donors (Lipinski definition) is 0. The van der Waals surface area contributed by atoms with Crippen molar-refractivity contribution in [1.82, 2.24) is 4.90 Å². The Bertz CT molecular complexity index is 159. The molecule has 0 radical (unpaired) electrons. The minimum atomic E-state index is 1.13. The maximum absolute atomic E-state index is 3.71. The van der Waals surface area contributed by atoms with Crippen molar-refractivity contribution in [2.45, 2.75) is 39.5 Å². The Morgan fingerprint density at radius 3 is 2.62 bits per heavy atom. The van der Waals surface area contributed by atoms with Gasteiger partial charge in [-0.25, -0.2) is 0 Å². The van der Waals surface area contributed by atoms with Gasteiger partial charge in [-0.2, -0.15) is 0 Å². The van der Waals surface area contributed by atoms with Crippen LogP contribution >= 0.6 is 0 Å². The summed E-state index contributed by atoms with van der Waals surface area (Å²) in [4.78, 5) is 2.31. The minimum absolute atomic E-state index is 1.13. The van der Waals surface area contributed by atoms with Gasteiger partial charge in [-0.05, 0) is 32.6 Å². The van der Waals surface area contributed by atoms with Crippen LogP contribution in [0.4, 0.5) is 0 Å². The second-order valence-electron chi connectivity index (χ2n) is 3.49. The number of allylic oxidation sites excluding steroid dienone is 3. The second kappa shape index (κ2) is 7.90. The van der Waals surface area contributed by atoms with Crippen LogP contribution in [0.2, 0.25) is 0 Å². The Morgan fingerprint density at radius 1 is 1.38 bits per heavy atom. The van der Waals surface area contributed by atoms with Crippen molar-refractivity contribution in [3.63, 3.8) is 0 Å². The number of rotatable bonds is 7. The van der Waals surface area contributed by atoms with Gasteiger partial charge in [0.25, 0.3) is 0 Å². The zero-order chi connectivity index (χ0) is 10.1. The Labute approximate surface area is 83.1 Å². The van der Waals surface area contributed by atoms with E-state index in [0.29, 0.717) is 0 Å². The first kappa shape index (κ1) is 12.3. The van der Waals surface area contributed by atoms with Crippen molar-refractivity contribution in [2.24, 2.45) is 0 Å². The average Bonchev–Trinajstić information content (AvgIpc) is 2.12. The lowest BCUT2D eigenvalue weighted by atomic mass is 10.2. The summed E-state index contributed by atoms with van der Waals surface area (Å²) in [6.07, 6.45) is 9.04. The molecule has 0 aromatic carbocycles. The van der Waals surface area contributed by atoms with Crippen molar-refractivity contribution < 1.29 is 0 Å². The minimum Gasteiger partial charge on any atom is -0.378 e. The van der Waals surface area contributed by atoms with E-state index in [-0.39, 0.29) is 0 Å². The maximum Gasteiger partial charge on any atom is 0.0168 e. The highest BCUT2D eigenvalue weighted by molar-refractivity contribution is 4.96. The predicted octanol–water partition coefficient (Wildman–Crippen LogP) is 3.59. The van der Waals surface area contributed by atoms with Crippen LogP contribution in [0, 0.1) is 0 Å². The molecule has 0 heterocycles. The Hall–Kier alpha value is -0.720. The summed E-state index contributed by atoms with van der Waals surface area (Å²) in [5.74, 6) is 0. The summed E-state index contributed by atoms with van der Waals surface area (Å²) in [6.45, 7) is 9.26. The lowest BCUT2D eigenvalue weighted by Gasteiger charge is -2.18. The molecule has 0 saturated carbocycles. The van der Waals surface area contributed by atoms with Crippen LogP contribution in [0.15, 0.2) is 24.4 Å². The summed E-state index contributed by atoms with van der Waals surface area (Å²) in [6, 6.07) is 0. The highest BCUT2D eigenvalue weighted by Crippen LogP contribution is 2.05. The molecule has 76 valence electrons. The molecule has 0 aliphatic carbocycles. The first-order valence-corrected chi connectivity index (χ1v) is 5.21. The van der Waals surface area contributed by atoms with E-state index in [1.807, 2.05) is 6.08 Å². The van der Waals surface area contributed by atoms with Crippen LogP contribution in [-0.4, -0.2) is 18.5 Å². The normalized spacial score (nSPS) is 11.5. The fraction of sp³-hybridized carbons (Fsp3) is 0.667. The van der Waals surface area contributed by atoms with E-state index in [9.17, 15) is 0 Å². The summed E-state index contributed by atoms with van der Waals surface area (Å²) < 4.78 is 0. The van der Waals surface area contributed by atoms with Gasteiger partial charge in [-0.3, -0.25) is 0 Å². The summed E-state index contributed by atoms with van der Waals surface area (Å²) in [7, 11) is 2.16. The first-order valence-electron chi connectivity index (χ1n) is 5.21. The van der Waals surface area contributed by atoms with Gasteiger partial charge in [-0.15, -0.1) is 6.58 Å². The third-order valence-corrected chi connectivity index (χ3v) is 2.21. The number of nitrogens with zero attached hydrogens (tertiary/aromatic N) is 1. The van der Waals surface area contributed by atoms with Crippen LogP contribution in [0.1, 0.15) is 39.5 Å². The first-order chi connectivity index (χ1) is 6.22. The van der Waals surface area contributed by atoms with Gasteiger partial charge in [0.15, 0.2) is 0 Å². The maximum atomic E-state index is 3.71. The Kier molecular flexibility index (Phi) is 7.47. The molecule has 0 fully saturated rings. The molecule has 0 aliphatic heterocycles. The molecule has 0 aromatic heterocycles. The fourth-order valence-corrected chi connectivity index (χ4v) is 1.24. The standard InChI is InChI=1S/C12H23N/c1-5-7-8-9-10-12(3)13(4)11-6-2/h5,10H,1,6-9,11H2,2-4H3/b12-10+. The predicted molar refractivity (Wildman–Crippen MR) is 60.7 cm³/mol. The van der Waals surface area contributed by atoms with E-state index in [1.54, 1.807) is 0 Å². The van der Waals surface area contributed by atoms with Crippen molar-refractivity contribution >= 4 is 0 Å². The lowest BCUT2D eigenvalue weighted by Crippen LogP contribution is -2.16. The van der Waals surface area contributed by atoms with Gasteiger partial charge in [0, 0.05) is 19.3 Å². The van der Waals surface area contributed by atoms with Gasteiger partial charge < -0.3 is 4.90 Å². The van der Waals surface area contributed by atoms with Crippen molar-refractivity contribution in [2.75, 3.05) is 13.6 Å². The Morgan fingerprint density at radius 2 is 2.08 bits per heavy atom. The molecule has 13 heavy (non-hydrogen) atoms. The summed E-state index contributed by atoms with van der Waals surface area (Å²) >= 11 is 0. The van der Waals surface area contributed by atoms with Crippen LogP contribution < -0.4 is 0 Å². The van der Waals surface area contributed by atoms with Crippen molar-refractivity contribution in [1.29, 1.82) is 0 Å². The van der Waals surface area contributed by atoms with Crippen LogP contribution in [0.25, 0.3) is 0 Å². The van der Waals surface area contributed by atoms with Crippen LogP contribution in [-0.2, 0) is 0 Å². The molecule has 1 nitrogen and oxygen atoms in total. The van der Waals surface area contributed by atoms with Gasteiger partial charge in [0.1, 0.15) is 0 Å². The third kappa shape index (κ3) is 6.44. The van der Waals surface area contributed by atoms with Crippen LogP contribution in [0.3, 0.4) is 0 Å². The quantitative estimate of drug-likeness (QED) is 0.428. The molecular formula is C12H23N. The van der Waals surface area contributed by atoms with Crippen molar-refractivity contribution in [3.05, 3.63) is 24.4 Å². The van der Waals surface area contributed by atoms with E-state index in [1.165, 1.54) is 25.0 Å². The molecule has 1 heteroatoms. The SMILES string of the molecule is C=CCCC/C=C(\C)N(C)CCC. The molecule has 0 bridgehead atoms. The molecule has 0 saturated heterocycles. The molecule has 0 aromatic rings. The molecular weight excluding hydrogens is 158 g/mol. The molecule has 0 atom stereocenters. The van der Waals surface area contributed by atoms with Crippen LogP contribution in [0.5, 0.6) is 0 Å². The molecule has 0 amide bonds. The van der Waals surface area contributed by atoms with E-state index >= 15 is 0 Å². The topological polar surface area (TPSA) is 3.24 Å². The summed E-state index contributed by atoms with van der Waals surface area (Å²) in [5.41, 5.74) is 1.39. The zero-order valence-corrected chi connectivity index (χ0v) is 9.34. The van der Waals surface area contributed by atoms with E-state index in [2.05, 4.69) is 38.5 Å². The molecule has 0 aliphatic rings. The molecule has 0 spiro atoms. The third-order valence-electron chi connectivity index (χ3n) is 2.21.